The Morgan fingerprint density at radius 2 is 1.88 bits per heavy atom. The number of pyridine rings is 2. The number of nitrogens with zero attached hydrogens (tertiary/aromatic N) is 2. The molecule has 3 rings (SSSR count). The summed E-state index contributed by atoms with van der Waals surface area (Å²) in [5, 5.41) is 3.21. The predicted molar refractivity (Wildman–Crippen MR) is 99.4 cm³/mol. The molecule has 0 fully saturated rings. The Hall–Kier alpha value is -3.21. The first kappa shape index (κ1) is 16.6. The maximum atomic E-state index is 12.4. The largest absolute Gasteiger partial charge is 0.382 e. The molecule has 5 nitrogen and oxygen atoms in total. The van der Waals surface area contributed by atoms with E-state index in [1.54, 1.807) is 12.4 Å². The zero-order valence-corrected chi connectivity index (χ0v) is 14.1. The Labute approximate surface area is 146 Å². The van der Waals surface area contributed by atoms with Gasteiger partial charge in [-0.2, -0.15) is 0 Å². The molecule has 3 aromatic rings. The van der Waals surface area contributed by atoms with Gasteiger partial charge < -0.3 is 11.1 Å². The van der Waals surface area contributed by atoms with Gasteiger partial charge in [0.15, 0.2) is 5.78 Å². The molecule has 0 radical (unpaired) electrons. The zero-order valence-electron chi connectivity index (χ0n) is 14.1. The molecule has 0 aliphatic rings. The SMILES string of the molecule is Cc1ccc(C(=O)Cc2ccnc(CNc3cccnc3N)c2)cc1. The van der Waals surface area contributed by atoms with Crippen LogP contribution in [-0.4, -0.2) is 15.8 Å². The van der Waals surface area contributed by atoms with Gasteiger partial charge in [0, 0.05) is 24.4 Å². The molecule has 3 N–H and O–H groups in total. The third kappa shape index (κ3) is 4.41. The highest BCUT2D eigenvalue weighted by Crippen LogP contribution is 2.15. The lowest BCUT2D eigenvalue weighted by Gasteiger charge is -2.09. The molecule has 0 aliphatic heterocycles. The van der Waals surface area contributed by atoms with Gasteiger partial charge in [0.05, 0.1) is 17.9 Å². The summed E-state index contributed by atoms with van der Waals surface area (Å²) in [6.45, 7) is 2.52. The number of ketones is 1. The molecule has 0 amide bonds. The number of carbonyl (C=O) groups excluding carboxylic acids is 1. The van der Waals surface area contributed by atoms with Gasteiger partial charge in [-0.15, -0.1) is 0 Å². The Bertz CT molecular complexity index is 875. The molecule has 0 unspecified atom stereocenters. The number of hydrogen-bond acceptors (Lipinski definition) is 5. The average molecular weight is 332 g/mol. The highest BCUT2D eigenvalue weighted by Gasteiger charge is 2.08. The number of aryl methyl sites for hydroxylation is 1. The van der Waals surface area contributed by atoms with Crippen molar-refractivity contribution in [1.82, 2.24) is 9.97 Å². The number of nitrogen functional groups attached to an aromatic ring is 1. The number of nitrogens with one attached hydrogen (secondary N) is 1. The van der Waals surface area contributed by atoms with Crippen LogP contribution in [0.15, 0.2) is 60.9 Å². The minimum absolute atomic E-state index is 0.0987. The van der Waals surface area contributed by atoms with Crippen LogP contribution in [0.4, 0.5) is 11.5 Å². The van der Waals surface area contributed by atoms with E-state index in [-0.39, 0.29) is 5.78 Å². The second-order valence-electron chi connectivity index (χ2n) is 5.91. The van der Waals surface area contributed by atoms with Crippen LogP contribution in [0.2, 0.25) is 0 Å². The molecular formula is C20H20N4O. The Morgan fingerprint density at radius 3 is 2.64 bits per heavy atom. The third-order valence-corrected chi connectivity index (χ3v) is 3.92. The smallest absolute Gasteiger partial charge is 0.167 e. The number of carbonyl (C=O) groups is 1. The molecule has 0 spiro atoms. The van der Waals surface area contributed by atoms with Gasteiger partial charge >= 0.3 is 0 Å². The van der Waals surface area contributed by atoms with Gasteiger partial charge in [-0.1, -0.05) is 29.8 Å². The summed E-state index contributed by atoms with van der Waals surface area (Å²) >= 11 is 0. The van der Waals surface area contributed by atoms with Gasteiger partial charge in [0.2, 0.25) is 0 Å². The maximum absolute atomic E-state index is 12.4. The summed E-state index contributed by atoms with van der Waals surface area (Å²) in [6.07, 6.45) is 3.73. The number of hydrogen-bond donors (Lipinski definition) is 2. The lowest BCUT2D eigenvalue weighted by atomic mass is 10.0. The minimum atomic E-state index is 0.0987. The van der Waals surface area contributed by atoms with Crippen LogP contribution in [0.1, 0.15) is 27.2 Å². The number of anilines is 2. The van der Waals surface area contributed by atoms with E-state index >= 15 is 0 Å². The van der Waals surface area contributed by atoms with Crippen molar-refractivity contribution in [3.8, 4) is 0 Å². The predicted octanol–water partition coefficient (Wildman–Crippen LogP) is 3.40. The molecule has 5 heteroatoms. The third-order valence-electron chi connectivity index (χ3n) is 3.92. The Morgan fingerprint density at radius 1 is 1.08 bits per heavy atom. The second kappa shape index (κ2) is 7.57. The normalized spacial score (nSPS) is 10.4. The van der Waals surface area contributed by atoms with Gasteiger partial charge in [-0.05, 0) is 36.8 Å². The molecule has 1 aromatic carbocycles. The standard InChI is InChI=1S/C20H20N4O/c1-14-4-6-16(7-5-14)19(25)12-15-8-10-22-17(11-15)13-24-18-3-2-9-23-20(18)21/h2-11,24H,12-13H2,1H3,(H2,21,23). The Kier molecular flexibility index (Phi) is 5.04. The molecule has 2 aromatic heterocycles. The summed E-state index contributed by atoms with van der Waals surface area (Å²) in [5.41, 5.74) is 10.2. The summed E-state index contributed by atoms with van der Waals surface area (Å²) in [4.78, 5) is 20.8. The first-order valence-electron chi connectivity index (χ1n) is 8.10. The van der Waals surface area contributed by atoms with E-state index in [4.69, 9.17) is 5.73 Å². The molecule has 0 saturated heterocycles. The van der Waals surface area contributed by atoms with Gasteiger partial charge in [0.1, 0.15) is 5.82 Å². The van der Waals surface area contributed by atoms with Crippen molar-refractivity contribution in [3.05, 3.63) is 83.3 Å². The fourth-order valence-corrected chi connectivity index (χ4v) is 2.51. The fraction of sp³-hybridized carbons (Fsp3) is 0.150. The number of benzene rings is 1. The summed E-state index contributed by atoms with van der Waals surface area (Å²) in [7, 11) is 0. The molecule has 25 heavy (non-hydrogen) atoms. The van der Waals surface area contributed by atoms with Gasteiger partial charge in [0.25, 0.3) is 0 Å². The summed E-state index contributed by atoms with van der Waals surface area (Å²) < 4.78 is 0. The highest BCUT2D eigenvalue weighted by molar-refractivity contribution is 5.97. The van der Waals surface area contributed by atoms with Crippen LogP contribution < -0.4 is 11.1 Å². The van der Waals surface area contributed by atoms with Crippen molar-refractivity contribution < 1.29 is 4.79 Å². The van der Waals surface area contributed by atoms with Crippen LogP contribution in [0, 0.1) is 6.92 Å². The van der Waals surface area contributed by atoms with Crippen molar-refractivity contribution in [2.24, 2.45) is 0 Å². The van der Waals surface area contributed by atoms with E-state index in [2.05, 4.69) is 15.3 Å². The lowest BCUT2D eigenvalue weighted by Crippen LogP contribution is -2.07. The van der Waals surface area contributed by atoms with Crippen molar-refractivity contribution in [3.63, 3.8) is 0 Å². The van der Waals surface area contributed by atoms with Crippen molar-refractivity contribution in [2.75, 3.05) is 11.1 Å². The second-order valence-corrected chi connectivity index (χ2v) is 5.91. The number of Topliss-reactive ketones (excluding diaryl/α,β-unsaturated/α-hetero) is 1. The first-order valence-corrected chi connectivity index (χ1v) is 8.10. The van der Waals surface area contributed by atoms with E-state index in [0.717, 1.165) is 28.1 Å². The van der Waals surface area contributed by atoms with E-state index in [1.165, 1.54) is 0 Å². The fourth-order valence-electron chi connectivity index (χ4n) is 2.51. The van der Waals surface area contributed by atoms with Crippen LogP contribution in [0.25, 0.3) is 0 Å². The molecule has 0 bridgehead atoms. The zero-order chi connectivity index (χ0) is 17.6. The number of nitrogens with two attached hydrogens (primary N) is 1. The van der Waals surface area contributed by atoms with Gasteiger partial charge in [-0.3, -0.25) is 9.78 Å². The molecule has 126 valence electrons. The van der Waals surface area contributed by atoms with E-state index in [1.807, 2.05) is 55.5 Å². The van der Waals surface area contributed by atoms with E-state index < -0.39 is 0 Å². The monoisotopic (exact) mass is 332 g/mol. The highest BCUT2D eigenvalue weighted by atomic mass is 16.1. The van der Waals surface area contributed by atoms with E-state index in [9.17, 15) is 4.79 Å². The number of rotatable bonds is 6. The molecule has 0 atom stereocenters. The van der Waals surface area contributed by atoms with Crippen molar-refractivity contribution >= 4 is 17.3 Å². The van der Waals surface area contributed by atoms with Crippen molar-refractivity contribution in [1.29, 1.82) is 0 Å². The first-order chi connectivity index (χ1) is 12.1. The summed E-state index contributed by atoms with van der Waals surface area (Å²) in [5.74, 6) is 0.551. The van der Waals surface area contributed by atoms with Crippen LogP contribution in [0.3, 0.4) is 0 Å². The van der Waals surface area contributed by atoms with Gasteiger partial charge in [-0.25, -0.2) is 4.98 Å². The number of aromatic nitrogens is 2. The molecule has 0 saturated carbocycles. The van der Waals surface area contributed by atoms with Crippen LogP contribution in [0.5, 0.6) is 0 Å². The quantitative estimate of drug-likeness (QED) is 0.676. The average Bonchev–Trinajstić information content (AvgIpc) is 2.62. The molecular weight excluding hydrogens is 312 g/mol. The van der Waals surface area contributed by atoms with E-state index in [0.29, 0.717) is 18.8 Å². The maximum Gasteiger partial charge on any atom is 0.167 e. The van der Waals surface area contributed by atoms with Crippen molar-refractivity contribution in [2.45, 2.75) is 19.9 Å². The molecule has 0 aliphatic carbocycles. The topological polar surface area (TPSA) is 80.9 Å². The van der Waals surface area contributed by atoms with Crippen LogP contribution >= 0.6 is 0 Å². The van der Waals surface area contributed by atoms with Crippen LogP contribution in [-0.2, 0) is 13.0 Å². The minimum Gasteiger partial charge on any atom is -0.382 e. The molecule has 2 heterocycles. The lowest BCUT2D eigenvalue weighted by molar-refractivity contribution is 0.0993. The summed E-state index contributed by atoms with van der Waals surface area (Å²) in [6, 6.07) is 15.1. The Balaban J connectivity index is 1.66.